The van der Waals surface area contributed by atoms with Crippen LogP contribution in [0, 0.1) is 0 Å². The molecule has 2 N–H and O–H groups in total. The second-order valence-electron chi connectivity index (χ2n) is 5.65. The fourth-order valence-corrected chi connectivity index (χ4v) is 2.40. The molecule has 1 saturated heterocycles. The number of hydrogen-bond acceptors (Lipinski definition) is 5. The molecule has 0 spiro atoms. The maximum atomic E-state index is 11.4. The standard InChI is InChI=1S/C11H16BClN2O4S/c1-10(2)11(3,4)19-12(18-10)9-7(13)5-6-8(15-9)20(14,16)17/h5-6H,1-4H3,(H2,14,16,17). The SMILES string of the molecule is CC1(C)OB(c2nc(S(N)(=O)=O)ccc2Cl)OC1(C)C. The number of halogens is 1. The second-order valence-corrected chi connectivity index (χ2v) is 7.57. The molecule has 1 aromatic heterocycles. The number of nitrogens with zero attached hydrogens (tertiary/aromatic N) is 1. The van der Waals surface area contributed by atoms with E-state index in [1.54, 1.807) is 0 Å². The summed E-state index contributed by atoms with van der Waals surface area (Å²) in [6.07, 6.45) is 0. The summed E-state index contributed by atoms with van der Waals surface area (Å²) in [4.78, 5) is 3.96. The molecule has 0 aromatic carbocycles. The van der Waals surface area contributed by atoms with Gasteiger partial charge in [0.25, 0.3) is 10.0 Å². The van der Waals surface area contributed by atoms with Crippen molar-refractivity contribution in [1.82, 2.24) is 4.98 Å². The van der Waals surface area contributed by atoms with Gasteiger partial charge in [-0.2, -0.15) is 0 Å². The van der Waals surface area contributed by atoms with Crippen LogP contribution in [-0.2, 0) is 19.3 Å². The summed E-state index contributed by atoms with van der Waals surface area (Å²) >= 11 is 6.05. The maximum Gasteiger partial charge on any atom is 0.516 e. The zero-order chi connectivity index (χ0) is 15.3. The fourth-order valence-electron chi connectivity index (χ4n) is 1.72. The predicted octanol–water partition coefficient (Wildman–Crippen LogP) is 0.682. The van der Waals surface area contributed by atoms with Crippen molar-refractivity contribution >= 4 is 34.3 Å². The molecule has 0 bridgehead atoms. The van der Waals surface area contributed by atoms with E-state index in [1.165, 1.54) is 12.1 Å². The van der Waals surface area contributed by atoms with Gasteiger partial charge in [0.1, 0.15) is 0 Å². The Hall–Kier alpha value is -0.665. The van der Waals surface area contributed by atoms with Gasteiger partial charge in [-0.1, -0.05) is 11.6 Å². The Balaban J connectivity index is 2.45. The van der Waals surface area contributed by atoms with E-state index in [1.807, 2.05) is 27.7 Å². The van der Waals surface area contributed by atoms with E-state index in [4.69, 9.17) is 26.0 Å². The summed E-state index contributed by atoms with van der Waals surface area (Å²) in [5.74, 6) is 0. The smallest absolute Gasteiger partial charge is 0.398 e. The molecule has 0 saturated carbocycles. The molecule has 110 valence electrons. The van der Waals surface area contributed by atoms with Crippen molar-refractivity contribution in [2.24, 2.45) is 5.14 Å². The van der Waals surface area contributed by atoms with Crippen molar-refractivity contribution in [1.29, 1.82) is 0 Å². The Morgan fingerprint density at radius 2 is 1.70 bits per heavy atom. The predicted molar refractivity (Wildman–Crippen MR) is 76.3 cm³/mol. The van der Waals surface area contributed by atoms with E-state index >= 15 is 0 Å². The first kappa shape index (κ1) is 15.7. The minimum absolute atomic E-state index is 0.205. The van der Waals surface area contributed by atoms with E-state index in [-0.39, 0.29) is 15.6 Å². The first-order valence-corrected chi connectivity index (χ1v) is 7.91. The van der Waals surface area contributed by atoms with Gasteiger partial charge in [0.2, 0.25) is 0 Å². The molecule has 0 atom stereocenters. The Kier molecular flexibility index (Phi) is 3.67. The summed E-state index contributed by atoms with van der Waals surface area (Å²) in [6.45, 7) is 7.52. The van der Waals surface area contributed by atoms with Gasteiger partial charge >= 0.3 is 7.12 Å². The molecule has 6 nitrogen and oxygen atoms in total. The van der Waals surface area contributed by atoms with Gasteiger partial charge < -0.3 is 9.31 Å². The molecule has 0 radical (unpaired) electrons. The Morgan fingerprint density at radius 3 is 2.15 bits per heavy atom. The number of pyridine rings is 1. The largest absolute Gasteiger partial charge is 0.516 e. The van der Waals surface area contributed by atoms with Crippen molar-refractivity contribution in [2.45, 2.75) is 43.9 Å². The van der Waals surface area contributed by atoms with Crippen molar-refractivity contribution in [2.75, 3.05) is 0 Å². The second kappa shape index (κ2) is 4.67. The summed E-state index contributed by atoms with van der Waals surface area (Å²) in [7, 11) is -4.75. The third-order valence-corrected chi connectivity index (χ3v) is 4.75. The average Bonchev–Trinajstić information content (AvgIpc) is 2.46. The molecule has 0 aliphatic carbocycles. The number of rotatable bonds is 2. The highest BCUT2D eigenvalue weighted by molar-refractivity contribution is 7.89. The van der Waals surface area contributed by atoms with Crippen LogP contribution >= 0.6 is 11.6 Å². The highest BCUT2D eigenvalue weighted by Crippen LogP contribution is 2.36. The van der Waals surface area contributed by atoms with E-state index in [2.05, 4.69) is 4.98 Å². The van der Waals surface area contributed by atoms with Crippen LogP contribution in [0.1, 0.15) is 27.7 Å². The number of primary sulfonamides is 1. The number of nitrogens with two attached hydrogens (primary N) is 1. The minimum Gasteiger partial charge on any atom is -0.398 e. The molecule has 1 fully saturated rings. The Morgan fingerprint density at radius 1 is 1.20 bits per heavy atom. The quantitative estimate of drug-likeness (QED) is 0.810. The zero-order valence-electron chi connectivity index (χ0n) is 11.7. The number of sulfonamides is 1. The summed E-state index contributed by atoms with van der Waals surface area (Å²) in [5, 5.41) is 5.05. The van der Waals surface area contributed by atoms with Gasteiger partial charge in [-0.05, 0) is 39.8 Å². The van der Waals surface area contributed by atoms with E-state index in [0.717, 1.165) is 0 Å². The van der Waals surface area contributed by atoms with Gasteiger partial charge in [-0.25, -0.2) is 18.5 Å². The maximum absolute atomic E-state index is 11.4. The van der Waals surface area contributed by atoms with E-state index in [9.17, 15) is 8.42 Å². The van der Waals surface area contributed by atoms with Crippen LogP contribution in [0.15, 0.2) is 17.2 Å². The highest BCUT2D eigenvalue weighted by Gasteiger charge is 2.53. The Labute approximate surface area is 123 Å². The number of hydrogen-bond donors (Lipinski definition) is 1. The molecular formula is C11H16BClN2O4S. The zero-order valence-corrected chi connectivity index (χ0v) is 13.2. The molecule has 0 unspecified atom stereocenters. The molecule has 1 aromatic rings. The molecule has 1 aliphatic rings. The molecule has 2 rings (SSSR count). The molecule has 0 amide bonds. The Bertz CT molecular complexity index is 632. The van der Waals surface area contributed by atoms with Crippen LogP contribution in [0.2, 0.25) is 5.02 Å². The van der Waals surface area contributed by atoms with Crippen LogP contribution in [0.5, 0.6) is 0 Å². The van der Waals surface area contributed by atoms with Crippen molar-refractivity contribution in [3.63, 3.8) is 0 Å². The van der Waals surface area contributed by atoms with Crippen molar-refractivity contribution < 1.29 is 17.7 Å². The van der Waals surface area contributed by atoms with Gasteiger partial charge in [0.05, 0.1) is 21.8 Å². The molecule has 1 aliphatic heterocycles. The topological polar surface area (TPSA) is 91.5 Å². The van der Waals surface area contributed by atoms with Crippen LogP contribution in [0.4, 0.5) is 0 Å². The van der Waals surface area contributed by atoms with Crippen LogP contribution < -0.4 is 10.7 Å². The van der Waals surface area contributed by atoms with E-state index < -0.39 is 28.3 Å². The van der Waals surface area contributed by atoms with Crippen molar-refractivity contribution in [3.05, 3.63) is 17.2 Å². The van der Waals surface area contributed by atoms with Crippen molar-refractivity contribution in [3.8, 4) is 0 Å². The summed E-state index contributed by atoms with van der Waals surface area (Å²) in [5.41, 5.74) is -0.933. The lowest BCUT2D eigenvalue weighted by Gasteiger charge is -2.32. The van der Waals surface area contributed by atoms with Gasteiger partial charge in [-0.15, -0.1) is 0 Å². The summed E-state index contributed by atoms with van der Waals surface area (Å²) < 4.78 is 34.3. The van der Waals surface area contributed by atoms with Gasteiger partial charge in [-0.3, -0.25) is 0 Å². The third-order valence-electron chi connectivity index (χ3n) is 3.62. The molecule has 9 heteroatoms. The lowest BCUT2D eigenvalue weighted by Crippen LogP contribution is -2.41. The highest BCUT2D eigenvalue weighted by atomic mass is 35.5. The van der Waals surface area contributed by atoms with Gasteiger partial charge in [0, 0.05) is 0 Å². The molecule has 2 heterocycles. The van der Waals surface area contributed by atoms with Crippen LogP contribution in [-0.4, -0.2) is 31.7 Å². The van der Waals surface area contributed by atoms with Crippen LogP contribution in [0.3, 0.4) is 0 Å². The van der Waals surface area contributed by atoms with E-state index in [0.29, 0.717) is 0 Å². The molecule has 20 heavy (non-hydrogen) atoms. The van der Waals surface area contributed by atoms with Crippen LogP contribution in [0.25, 0.3) is 0 Å². The van der Waals surface area contributed by atoms with Gasteiger partial charge in [0.15, 0.2) is 5.03 Å². The molecular weight excluding hydrogens is 302 g/mol. The lowest BCUT2D eigenvalue weighted by atomic mass is 9.84. The summed E-state index contributed by atoms with van der Waals surface area (Å²) in [6, 6.07) is 2.65. The lowest BCUT2D eigenvalue weighted by molar-refractivity contribution is 0.00578. The average molecular weight is 319 g/mol. The first-order chi connectivity index (χ1) is 8.94. The normalized spacial score (nSPS) is 21.2. The first-order valence-electron chi connectivity index (χ1n) is 5.99. The monoisotopic (exact) mass is 318 g/mol. The number of aromatic nitrogens is 1. The third kappa shape index (κ3) is 2.71. The fraction of sp³-hybridized carbons (Fsp3) is 0.545. The minimum atomic E-state index is -3.91.